The van der Waals surface area contributed by atoms with Gasteiger partial charge < -0.3 is 5.11 Å². The Morgan fingerprint density at radius 1 is 1.39 bits per heavy atom. The Bertz CT molecular complexity index is 560. The van der Waals surface area contributed by atoms with Gasteiger partial charge in [0.2, 0.25) is 0 Å². The van der Waals surface area contributed by atoms with E-state index in [1.807, 2.05) is 0 Å². The SMILES string of the molecule is CC(C)(O)Cn1nccc1-c1ccc(F)c(Cl)c1. The first-order valence-corrected chi connectivity index (χ1v) is 5.94. The number of nitrogens with zero attached hydrogens (tertiary/aromatic N) is 2. The van der Waals surface area contributed by atoms with Gasteiger partial charge in [-0.15, -0.1) is 0 Å². The highest BCUT2D eigenvalue weighted by Gasteiger charge is 2.17. The topological polar surface area (TPSA) is 38.0 Å². The second kappa shape index (κ2) is 4.71. The smallest absolute Gasteiger partial charge is 0.141 e. The molecule has 0 amide bonds. The molecule has 0 radical (unpaired) electrons. The van der Waals surface area contributed by atoms with E-state index in [1.165, 1.54) is 6.07 Å². The summed E-state index contributed by atoms with van der Waals surface area (Å²) < 4.78 is 14.8. The Morgan fingerprint density at radius 3 is 2.72 bits per heavy atom. The number of benzene rings is 1. The summed E-state index contributed by atoms with van der Waals surface area (Å²) in [6, 6.07) is 6.31. The van der Waals surface area contributed by atoms with Crippen molar-refractivity contribution in [1.82, 2.24) is 9.78 Å². The lowest BCUT2D eigenvalue weighted by atomic mass is 10.1. The number of aliphatic hydroxyl groups is 1. The lowest BCUT2D eigenvalue weighted by Gasteiger charge is -2.18. The summed E-state index contributed by atoms with van der Waals surface area (Å²) in [5, 5.41) is 14.0. The highest BCUT2D eigenvalue weighted by molar-refractivity contribution is 6.31. The molecular formula is C13H14ClFN2O. The van der Waals surface area contributed by atoms with E-state index in [1.54, 1.807) is 42.9 Å². The van der Waals surface area contributed by atoms with Gasteiger partial charge in [-0.3, -0.25) is 4.68 Å². The van der Waals surface area contributed by atoms with Crippen LogP contribution in [0.15, 0.2) is 30.5 Å². The van der Waals surface area contributed by atoms with Gasteiger partial charge in [-0.2, -0.15) is 5.10 Å². The molecule has 0 aliphatic carbocycles. The number of hydrogen-bond acceptors (Lipinski definition) is 2. The van der Waals surface area contributed by atoms with Crippen LogP contribution in [0.4, 0.5) is 4.39 Å². The van der Waals surface area contributed by atoms with Crippen LogP contribution in [0, 0.1) is 5.82 Å². The summed E-state index contributed by atoms with van der Waals surface area (Å²) >= 11 is 5.76. The van der Waals surface area contributed by atoms with E-state index in [9.17, 15) is 9.50 Å². The molecule has 0 aliphatic rings. The molecule has 1 aromatic carbocycles. The van der Waals surface area contributed by atoms with E-state index in [0.29, 0.717) is 6.54 Å². The van der Waals surface area contributed by atoms with Gasteiger partial charge in [0.1, 0.15) is 5.82 Å². The van der Waals surface area contributed by atoms with Crippen LogP contribution in [-0.4, -0.2) is 20.5 Å². The van der Waals surface area contributed by atoms with Gasteiger partial charge in [0, 0.05) is 11.8 Å². The van der Waals surface area contributed by atoms with Crippen LogP contribution < -0.4 is 0 Å². The molecule has 5 heteroatoms. The highest BCUT2D eigenvalue weighted by Crippen LogP contribution is 2.25. The van der Waals surface area contributed by atoms with E-state index < -0.39 is 11.4 Å². The molecule has 2 rings (SSSR count). The van der Waals surface area contributed by atoms with Gasteiger partial charge in [-0.1, -0.05) is 11.6 Å². The lowest BCUT2D eigenvalue weighted by molar-refractivity contribution is 0.0583. The number of rotatable bonds is 3. The Labute approximate surface area is 110 Å². The van der Waals surface area contributed by atoms with Crippen LogP contribution in [0.2, 0.25) is 5.02 Å². The second-order valence-corrected chi connectivity index (χ2v) is 5.22. The van der Waals surface area contributed by atoms with E-state index >= 15 is 0 Å². The highest BCUT2D eigenvalue weighted by atomic mass is 35.5. The van der Waals surface area contributed by atoms with Crippen molar-refractivity contribution in [3.05, 3.63) is 41.3 Å². The first-order chi connectivity index (χ1) is 8.37. The molecule has 0 aliphatic heterocycles. The summed E-state index contributed by atoms with van der Waals surface area (Å²) in [7, 11) is 0. The van der Waals surface area contributed by atoms with Crippen LogP contribution in [0.25, 0.3) is 11.3 Å². The first kappa shape index (κ1) is 13.1. The van der Waals surface area contributed by atoms with Crippen LogP contribution in [0.1, 0.15) is 13.8 Å². The number of aromatic nitrogens is 2. The maximum absolute atomic E-state index is 13.1. The van der Waals surface area contributed by atoms with Gasteiger partial charge in [-0.05, 0) is 38.1 Å². The van der Waals surface area contributed by atoms with Crippen molar-refractivity contribution >= 4 is 11.6 Å². The Morgan fingerprint density at radius 2 is 2.11 bits per heavy atom. The molecule has 1 N–H and O–H groups in total. The molecule has 1 heterocycles. The molecule has 18 heavy (non-hydrogen) atoms. The fourth-order valence-corrected chi connectivity index (χ4v) is 1.91. The van der Waals surface area contributed by atoms with Crippen LogP contribution in [-0.2, 0) is 6.54 Å². The number of hydrogen-bond donors (Lipinski definition) is 1. The minimum atomic E-state index is -0.870. The minimum Gasteiger partial charge on any atom is -0.389 e. The average Bonchev–Trinajstić information content (AvgIpc) is 2.67. The van der Waals surface area contributed by atoms with E-state index in [2.05, 4.69) is 5.10 Å². The predicted octanol–water partition coefficient (Wildman–Crippen LogP) is 3.11. The van der Waals surface area contributed by atoms with Gasteiger partial charge >= 0.3 is 0 Å². The van der Waals surface area contributed by atoms with E-state index in [4.69, 9.17) is 11.6 Å². The molecule has 1 aromatic heterocycles. The Hall–Kier alpha value is -1.39. The third-order valence-electron chi connectivity index (χ3n) is 2.47. The maximum atomic E-state index is 13.1. The van der Waals surface area contributed by atoms with Crippen molar-refractivity contribution in [2.24, 2.45) is 0 Å². The summed E-state index contributed by atoms with van der Waals surface area (Å²) in [5.41, 5.74) is 0.687. The molecule has 0 atom stereocenters. The minimum absolute atomic E-state index is 0.0727. The normalized spacial score (nSPS) is 11.8. The largest absolute Gasteiger partial charge is 0.389 e. The summed E-state index contributed by atoms with van der Waals surface area (Å²) in [4.78, 5) is 0. The molecule has 0 fully saturated rings. The zero-order chi connectivity index (χ0) is 13.3. The van der Waals surface area contributed by atoms with Gasteiger partial charge in [0.05, 0.1) is 22.9 Å². The first-order valence-electron chi connectivity index (χ1n) is 5.56. The molecule has 96 valence electrons. The molecule has 0 bridgehead atoms. The fourth-order valence-electron chi connectivity index (χ4n) is 1.73. The molecule has 0 saturated carbocycles. The molecule has 0 unspecified atom stereocenters. The van der Waals surface area contributed by atoms with Gasteiger partial charge in [-0.25, -0.2) is 4.39 Å². The third-order valence-corrected chi connectivity index (χ3v) is 2.76. The zero-order valence-corrected chi connectivity index (χ0v) is 10.9. The van der Waals surface area contributed by atoms with Crippen LogP contribution >= 0.6 is 11.6 Å². The molecule has 3 nitrogen and oxygen atoms in total. The van der Waals surface area contributed by atoms with Crippen molar-refractivity contribution in [1.29, 1.82) is 0 Å². The maximum Gasteiger partial charge on any atom is 0.141 e. The standard InChI is InChI=1S/C13H14ClFN2O/c1-13(2,18)8-17-12(5-6-16-17)9-3-4-11(15)10(14)7-9/h3-7,18H,8H2,1-2H3. The lowest BCUT2D eigenvalue weighted by Crippen LogP contribution is -2.27. The van der Waals surface area contributed by atoms with Crippen molar-refractivity contribution < 1.29 is 9.50 Å². The van der Waals surface area contributed by atoms with Gasteiger partial charge in [0.25, 0.3) is 0 Å². The Balaban J connectivity index is 2.39. The second-order valence-electron chi connectivity index (χ2n) is 4.82. The van der Waals surface area contributed by atoms with Gasteiger partial charge in [0.15, 0.2) is 0 Å². The summed E-state index contributed by atoms with van der Waals surface area (Å²) in [5.74, 6) is -0.450. The third kappa shape index (κ3) is 2.89. The monoisotopic (exact) mass is 268 g/mol. The average molecular weight is 269 g/mol. The van der Waals surface area contributed by atoms with E-state index in [-0.39, 0.29) is 5.02 Å². The zero-order valence-electron chi connectivity index (χ0n) is 10.2. The fraction of sp³-hybridized carbons (Fsp3) is 0.308. The Kier molecular flexibility index (Phi) is 3.41. The predicted molar refractivity (Wildman–Crippen MR) is 68.9 cm³/mol. The quantitative estimate of drug-likeness (QED) is 0.929. The molecule has 0 saturated heterocycles. The summed E-state index contributed by atoms with van der Waals surface area (Å²) in [6.07, 6.45) is 1.64. The van der Waals surface area contributed by atoms with Crippen molar-refractivity contribution in [2.45, 2.75) is 26.0 Å². The molecule has 2 aromatic rings. The van der Waals surface area contributed by atoms with Crippen LogP contribution in [0.3, 0.4) is 0 Å². The van der Waals surface area contributed by atoms with Crippen molar-refractivity contribution in [2.75, 3.05) is 0 Å². The van der Waals surface area contributed by atoms with Crippen molar-refractivity contribution in [3.8, 4) is 11.3 Å². The van der Waals surface area contributed by atoms with Crippen LogP contribution in [0.5, 0.6) is 0 Å². The van der Waals surface area contributed by atoms with Crippen molar-refractivity contribution in [3.63, 3.8) is 0 Å². The van der Waals surface area contributed by atoms with E-state index in [0.717, 1.165) is 11.3 Å². The molecule has 0 spiro atoms. The number of halogens is 2. The molecular weight excluding hydrogens is 255 g/mol. The summed E-state index contributed by atoms with van der Waals surface area (Å²) in [6.45, 7) is 3.76.